The topological polar surface area (TPSA) is 104 Å². The monoisotopic (exact) mass is 451 g/mol. The van der Waals surface area contributed by atoms with Gasteiger partial charge in [-0.3, -0.25) is 0 Å². The summed E-state index contributed by atoms with van der Waals surface area (Å²) >= 11 is 0. The molecule has 1 heterocycles. The Bertz CT molecular complexity index is 1130. The average Bonchev–Trinajstić information content (AvgIpc) is 2.79. The Morgan fingerprint density at radius 2 is 1.25 bits per heavy atom. The second kappa shape index (κ2) is 10.4. The van der Waals surface area contributed by atoms with Crippen molar-refractivity contribution in [1.82, 2.24) is 0 Å². The molecule has 1 aliphatic heterocycles. The Hall–Kier alpha value is -3.26. The van der Waals surface area contributed by atoms with E-state index in [1.165, 1.54) is 5.56 Å². The lowest BCUT2D eigenvalue weighted by Gasteiger charge is -2.20. The van der Waals surface area contributed by atoms with E-state index in [1.807, 2.05) is 24.3 Å². The van der Waals surface area contributed by atoms with Gasteiger partial charge in [-0.05, 0) is 29.4 Å². The molecule has 0 N–H and O–H groups in total. The summed E-state index contributed by atoms with van der Waals surface area (Å²) < 4.78 is 42.5. The molecule has 32 heavy (non-hydrogen) atoms. The third kappa shape index (κ3) is 6.62. The minimum atomic E-state index is -4.94. The normalized spacial score (nSPS) is 17.6. The molecule has 4 rings (SSSR count). The van der Waals surface area contributed by atoms with Crippen LogP contribution in [0.25, 0.3) is 11.3 Å². The molecule has 0 aromatic heterocycles. The molecule has 2 aromatic rings. The molecule has 6 nitrogen and oxygen atoms in total. The zero-order chi connectivity index (χ0) is 23.1. The highest BCUT2D eigenvalue weighted by Crippen LogP contribution is 2.33. The molecule has 0 unspecified atom stereocenters. The number of ether oxygens (including phenoxy) is 1. The summed E-state index contributed by atoms with van der Waals surface area (Å²) in [6.45, 7) is 0. The maximum absolute atomic E-state index is 8.49. The van der Waals surface area contributed by atoms with Crippen molar-refractivity contribution in [2.75, 3.05) is 14.1 Å². The first kappa shape index (κ1) is 23.4. The van der Waals surface area contributed by atoms with Gasteiger partial charge in [-0.2, -0.15) is 0 Å². The van der Waals surface area contributed by atoms with E-state index in [0.29, 0.717) is 0 Å². The summed E-state index contributed by atoms with van der Waals surface area (Å²) in [5.41, 5.74) is 5.60. The van der Waals surface area contributed by atoms with E-state index in [0.717, 1.165) is 33.9 Å². The lowest BCUT2D eigenvalue weighted by Crippen LogP contribution is -2.68. The molecule has 1 aliphatic carbocycles. The molecule has 2 aliphatic rings. The smallest absolute Gasteiger partial charge is 0.210 e. The van der Waals surface area contributed by atoms with Crippen LogP contribution in [0.2, 0.25) is 0 Å². The number of benzene rings is 2. The lowest BCUT2D eigenvalue weighted by atomic mass is 9.97. The molecule has 2 aromatic carbocycles. The van der Waals surface area contributed by atoms with Gasteiger partial charge in [-0.1, -0.05) is 72.8 Å². The van der Waals surface area contributed by atoms with Gasteiger partial charge in [0.15, 0.2) is 0 Å². The van der Waals surface area contributed by atoms with Crippen LogP contribution < -0.4 is 18.6 Å². The van der Waals surface area contributed by atoms with Gasteiger partial charge in [0, 0.05) is 11.6 Å². The molecule has 0 fully saturated rings. The third-order valence-corrected chi connectivity index (χ3v) is 4.61. The molecule has 0 atom stereocenters. The average molecular weight is 452 g/mol. The number of hydrogen-bond acceptors (Lipinski definition) is 5. The Morgan fingerprint density at radius 1 is 0.719 bits per heavy atom. The van der Waals surface area contributed by atoms with Crippen LogP contribution in [0.4, 0.5) is 0 Å². The molecular formula is C25H22ClNO5. The predicted octanol–water partition coefficient (Wildman–Crippen LogP) is 0.479. The van der Waals surface area contributed by atoms with Crippen LogP contribution in [0, 0.1) is 10.2 Å². The quantitative estimate of drug-likeness (QED) is 0.617. The lowest BCUT2D eigenvalue weighted by molar-refractivity contribution is -2.00. The van der Waals surface area contributed by atoms with E-state index in [4.69, 9.17) is 23.4 Å². The Kier molecular flexibility index (Phi) is 7.58. The SMILES string of the molecule is C[N+](C)=C1C=CC=C/C1=C1/C=C(c2ccccc2)C=C(c2ccccc2)O1.[O-][Cl+3]([O-])([O-])[O-]. The number of halogens is 1. The zero-order valence-corrected chi connectivity index (χ0v) is 18.4. The Labute approximate surface area is 189 Å². The van der Waals surface area contributed by atoms with E-state index >= 15 is 0 Å². The second-order valence-electron chi connectivity index (χ2n) is 7.10. The predicted molar refractivity (Wildman–Crippen MR) is 112 cm³/mol. The zero-order valence-electron chi connectivity index (χ0n) is 17.6. The molecule has 0 radical (unpaired) electrons. The van der Waals surface area contributed by atoms with Gasteiger partial charge in [-0.25, -0.2) is 23.2 Å². The fourth-order valence-corrected chi connectivity index (χ4v) is 3.25. The first-order chi connectivity index (χ1) is 15.2. The largest absolute Gasteiger partial charge is 0.456 e. The Morgan fingerprint density at radius 3 is 1.81 bits per heavy atom. The van der Waals surface area contributed by atoms with Gasteiger partial charge in [-0.15, -0.1) is 10.2 Å². The van der Waals surface area contributed by atoms with E-state index in [1.54, 1.807) is 0 Å². The summed E-state index contributed by atoms with van der Waals surface area (Å²) in [6, 6.07) is 20.7. The van der Waals surface area contributed by atoms with Crippen LogP contribution in [0.5, 0.6) is 0 Å². The minimum absolute atomic E-state index is 0.861. The molecular weight excluding hydrogens is 430 g/mol. The molecule has 7 heteroatoms. The summed E-state index contributed by atoms with van der Waals surface area (Å²) in [5, 5.41) is 0. The summed E-state index contributed by atoms with van der Waals surface area (Å²) in [4.78, 5) is 0. The van der Waals surface area contributed by atoms with Crippen LogP contribution in [0.1, 0.15) is 11.1 Å². The summed E-state index contributed by atoms with van der Waals surface area (Å²) in [5.74, 6) is 1.72. The fourth-order valence-electron chi connectivity index (χ4n) is 3.25. The number of rotatable bonds is 2. The highest BCUT2D eigenvalue weighted by atomic mass is 35.7. The highest BCUT2D eigenvalue weighted by Gasteiger charge is 2.22. The van der Waals surface area contributed by atoms with E-state index in [-0.39, 0.29) is 0 Å². The number of allylic oxidation sites excluding steroid dienone is 8. The van der Waals surface area contributed by atoms with Gasteiger partial charge in [0.2, 0.25) is 5.71 Å². The summed E-state index contributed by atoms with van der Waals surface area (Å²) in [6.07, 6.45) is 12.6. The number of hydrogen-bond donors (Lipinski definition) is 0. The van der Waals surface area contributed by atoms with Gasteiger partial charge >= 0.3 is 0 Å². The van der Waals surface area contributed by atoms with Crippen molar-refractivity contribution >= 4 is 17.0 Å². The van der Waals surface area contributed by atoms with Crippen LogP contribution in [0.3, 0.4) is 0 Å². The summed E-state index contributed by atoms with van der Waals surface area (Å²) in [7, 11) is -0.837. The van der Waals surface area contributed by atoms with Gasteiger partial charge in [0.1, 0.15) is 25.6 Å². The van der Waals surface area contributed by atoms with Crippen molar-refractivity contribution in [2.24, 2.45) is 0 Å². The third-order valence-electron chi connectivity index (χ3n) is 4.61. The van der Waals surface area contributed by atoms with E-state index in [2.05, 4.69) is 91.5 Å². The molecule has 0 saturated heterocycles. The first-order valence-electron chi connectivity index (χ1n) is 9.70. The van der Waals surface area contributed by atoms with Crippen LogP contribution in [-0.4, -0.2) is 24.4 Å². The molecule has 0 amide bonds. The van der Waals surface area contributed by atoms with Crippen molar-refractivity contribution in [1.29, 1.82) is 0 Å². The number of nitrogens with zero attached hydrogens (tertiary/aromatic N) is 1. The van der Waals surface area contributed by atoms with Crippen molar-refractivity contribution in [3.63, 3.8) is 0 Å². The highest BCUT2D eigenvalue weighted by molar-refractivity contribution is 6.09. The van der Waals surface area contributed by atoms with E-state index in [9.17, 15) is 0 Å². The van der Waals surface area contributed by atoms with Crippen molar-refractivity contribution in [3.05, 3.63) is 120 Å². The van der Waals surface area contributed by atoms with E-state index < -0.39 is 10.2 Å². The minimum Gasteiger partial charge on any atom is -0.456 e. The fraction of sp³-hybridized carbons (Fsp3) is 0.0800. The maximum atomic E-state index is 8.49. The Balaban J connectivity index is 0.000000523. The van der Waals surface area contributed by atoms with Gasteiger partial charge in [0.05, 0.1) is 5.57 Å². The molecule has 0 bridgehead atoms. The van der Waals surface area contributed by atoms with Crippen LogP contribution in [0.15, 0.2) is 108 Å². The van der Waals surface area contributed by atoms with Gasteiger partial charge in [0.25, 0.3) is 0 Å². The molecule has 164 valence electrons. The van der Waals surface area contributed by atoms with Crippen LogP contribution >= 0.6 is 0 Å². The standard InChI is InChI=1S/C25H22NO.ClHO4/c1-26(2)23-16-10-9-15-22(23)25-18-21(19-11-5-3-6-12-19)17-24(27-25)20-13-7-4-8-14-20;2-1(3,4)5/h3-18H,1-2H3;(H,2,3,4,5)/q+1;/p-1/b25-22+;. The molecule has 0 spiro atoms. The maximum Gasteiger partial charge on any atom is 0.210 e. The molecule has 0 saturated carbocycles. The van der Waals surface area contributed by atoms with Crippen molar-refractivity contribution < 1.29 is 38.2 Å². The van der Waals surface area contributed by atoms with Crippen LogP contribution in [-0.2, 0) is 4.74 Å². The van der Waals surface area contributed by atoms with Gasteiger partial charge < -0.3 is 4.74 Å². The second-order valence-corrected chi connectivity index (χ2v) is 7.85. The van der Waals surface area contributed by atoms with Crippen molar-refractivity contribution in [3.8, 4) is 0 Å². The first-order valence-corrected chi connectivity index (χ1v) is 10.9. The van der Waals surface area contributed by atoms with Crippen molar-refractivity contribution in [2.45, 2.75) is 0 Å².